The average molecular weight is 256 g/mol. The van der Waals surface area contributed by atoms with Gasteiger partial charge in [-0.1, -0.05) is 13.8 Å². The zero-order chi connectivity index (χ0) is 13.3. The lowest BCUT2D eigenvalue weighted by atomic mass is 9.79. The molecule has 0 bridgehead atoms. The van der Waals surface area contributed by atoms with E-state index in [9.17, 15) is 13.9 Å². The van der Waals surface area contributed by atoms with Crippen molar-refractivity contribution in [3.63, 3.8) is 0 Å². The van der Waals surface area contributed by atoms with E-state index >= 15 is 0 Å². The second-order valence-corrected chi connectivity index (χ2v) is 5.28. The number of benzene rings is 1. The van der Waals surface area contributed by atoms with Crippen LogP contribution < -0.4 is 4.74 Å². The Morgan fingerprint density at radius 1 is 1.22 bits per heavy atom. The molecule has 2 nitrogen and oxygen atoms in total. The number of hydrogen-bond donors (Lipinski definition) is 1. The summed E-state index contributed by atoms with van der Waals surface area (Å²) in [6.07, 6.45) is 0.439. The van der Waals surface area contributed by atoms with E-state index in [4.69, 9.17) is 4.74 Å². The summed E-state index contributed by atoms with van der Waals surface area (Å²) in [6, 6.07) is 3.10. The molecule has 4 heteroatoms. The summed E-state index contributed by atoms with van der Waals surface area (Å²) in [5, 5.41) is 9.99. The molecule has 0 aliphatic heterocycles. The van der Waals surface area contributed by atoms with Crippen molar-refractivity contribution in [1.82, 2.24) is 0 Å². The number of rotatable bonds is 2. The van der Waals surface area contributed by atoms with Gasteiger partial charge in [0.25, 0.3) is 0 Å². The largest absolute Gasteiger partial charge is 0.484 e. The first-order valence-corrected chi connectivity index (χ1v) is 6.27. The van der Waals surface area contributed by atoms with Gasteiger partial charge < -0.3 is 9.84 Å². The van der Waals surface area contributed by atoms with Crippen LogP contribution >= 0.6 is 0 Å². The van der Waals surface area contributed by atoms with E-state index in [1.807, 2.05) is 6.92 Å². The van der Waals surface area contributed by atoms with Crippen molar-refractivity contribution >= 4 is 0 Å². The molecule has 0 aromatic heterocycles. The topological polar surface area (TPSA) is 29.5 Å². The van der Waals surface area contributed by atoms with Crippen LogP contribution in [0.3, 0.4) is 0 Å². The first kappa shape index (κ1) is 13.3. The highest BCUT2D eigenvalue weighted by atomic mass is 19.1. The lowest BCUT2D eigenvalue weighted by Crippen LogP contribution is -2.43. The SMILES string of the molecule is CC1CC(C)C(Oc2cc(F)ccc2F)C(O)C1. The van der Waals surface area contributed by atoms with Crippen LogP contribution in [0.2, 0.25) is 0 Å². The van der Waals surface area contributed by atoms with Gasteiger partial charge in [-0.25, -0.2) is 8.78 Å². The van der Waals surface area contributed by atoms with Crippen LogP contribution in [0.4, 0.5) is 8.78 Å². The van der Waals surface area contributed by atoms with Crippen molar-refractivity contribution in [2.75, 3.05) is 0 Å². The van der Waals surface area contributed by atoms with Crippen LogP contribution in [0, 0.1) is 23.5 Å². The van der Waals surface area contributed by atoms with E-state index in [1.54, 1.807) is 0 Å². The lowest BCUT2D eigenvalue weighted by Gasteiger charge is -2.36. The maximum atomic E-state index is 13.5. The maximum absolute atomic E-state index is 13.5. The summed E-state index contributed by atoms with van der Waals surface area (Å²) in [6.45, 7) is 4.03. The summed E-state index contributed by atoms with van der Waals surface area (Å²) in [5.41, 5.74) is 0. The molecule has 4 atom stereocenters. The number of halogens is 2. The number of aliphatic hydroxyl groups excluding tert-OH is 1. The van der Waals surface area contributed by atoms with Gasteiger partial charge in [-0.3, -0.25) is 0 Å². The molecular formula is C14H18F2O2. The first-order chi connectivity index (χ1) is 8.47. The first-order valence-electron chi connectivity index (χ1n) is 6.27. The van der Waals surface area contributed by atoms with Crippen molar-refractivity contribution in [2.24, 2.45) is 11.8 Å². The molecule has 100 valence electrons. The van der Waals surface area contributed by atoms with Crippen LogP contribution in [0.5, 0.6) is 5.75 Å². The van der Waals surface area contributed by atoms with E-state index < -0.39 is 23.8 Å². The van der Waals surface area contributed by atoms with Gasteiger partial charge in [0.2, 0.25) is 0 Å². The van der Waals surface area contributed by atoms with Crippen molar-refractivity contribution in [1.29, 1.82) is 0 Å². The molecule has 1 aliphatic carbocycles. The van der Waals surface area contributed by atoms with Crippen molar-refractivity contribution in [3.05, 3.63) is 29.8 Å². The van der Waals surface area contributed by atoms with Crippen LogP contribution in [0.25, 0.3) is 0 Å². The minimum Gasteiger partial charge on any atom is -0.484 e. The van der Waals surface area contributed by atoms with E-state index in [2.05, 4.69) is 6.92 Å². The van der Waals surface area contributed by atoms with Gasteiger partial charge in [0, 0.05) is 6.07 Å². The fraction of sp³-hybridized carbons (Fsp3) is 0.571. The second kappa shape index (κ2) is 5.22. The molecule has 0 radical (unpaired) electrons. The molecular weight excluding hydrogens is 238 g/mol. The summed E-state index contributed by atoms with van der Waals surface area (Å²) >= 11 is 0. The molecule has 0 heterocycles. The summed E-state index contributed by atoms with van der Waals surface area (Å²) in [5.74, 6) is -0.730. The molecule has 1 N–H and O–H groups in total. The van der Waals surface area contributed by atoms with Crippen LogP contribution in [-0.2, 0) is 0 Å². The maximum Gasteiger partial charge on any atom is 0.165 e. The van der Waals surface area contributed by atoms with Crippen molar-refractivity contribution < 1.29 is 18.6 Å². The second-order valence-electron chi connectivity index (χ2n) is 5.28. The fourth-order valence-electron chi connectivity index (χ4n) is 2.70. The number of hydrogen-bond acceptors (Lipinski definition) is 2. The van der Waals surface area contributed by atoms with E-state index in [0.717, 1.165) is 24.6 Å². The third-order valence-corrected chi connectivity index (χ3v) is 3.51. The molecule has 0 amide bonds. The lowest BCUT2D eigenvalue weighted by molar-refractivity contribution is -0.0404. The van der Waals surface area contributed by atoms with E-state index in [-0.39, 0.29) is 11.7 Å². The molecule has 4 unspecified atom stereocenters. The third-order valence-electron chi connectivity index (χ3n) is 3.51. The predicted molar refractivity (Wildman–Crippen MR) is 64.3 cm³/mol. The Labute approximate surface area is 106 Å². The van der Waals surface area contributed by atoms with Gasteiger partial charge in [-0.05, 0) is 36.8 Å². The Kier molecular flexibility index (Phi) is 3.85. The molecule has 0 saturated heterocycles. The minimum absolute atomic E-state index is 0.117. The normalized spacial score (nSPS) is 32.3. The molecule has 1 fully saturated rings. The van der Waals surface area contributed by atoms with E-state index in [0.29, 0.717) is 12.3 Å². The van der Waals surface area contributed by atoms with Gasteiger partial charge >= 0.3 is 0 Å². The predicted octanol–water partition coefficient (Wildman–Crippen LogP) is 3.14. The molecule has 1 saturated carbocycles. The summed E-state index contributed by atoms with van der Waals surface area (Å²) < 4.78 is 32.0. The highest BCUT2D eigenvalue weighted by Gasteiger charge is 2.34. The number of ether oxygens (including phenoxy) is 1. The van der Waals surface area contributed by atoms with Gasteiger partial charge in [-0.15, -0.1) is 0 Å². The highest BCUT2D eigenvalue weighted by Crippen LogP contribution is 2.32. The molecule has 2 rings (SSSR count). The zero-order valence-corrected chi connectivity index (χ0v) is 10.6. The molecule has 1 aliphatic rings. The zero-order valence-electron chi connectivity index (χ0n) is 10.6. The molecule has 0 spiro atoms. The van der Waals surface area contributed by atoms with Crippen LogP contribution in [0.1, 0.15) is 26.7 Å². The standard InChI is InChI=1S/C14H18F2O2/c1-8-5-9(2)14(12(17)6-8)18-13-7-10(15)3-4-11(13)16/h3-4,7-9,12,14,17H,5-6H2,1-2H3. The van der Waals surface area contributed by atoms with Gasteiger partial charge in [-0.2, -0.15) is 0 Å². The van der Waals surface area contributed by atoms with Gasteiger partial charge in [0.1, 0.15) is 11.9 Å². The van der Waals surface area contributed by atoms with Crippen LogP contribution in [0.15, 0.2) is 18.2 Å². The Hall–Kier alpha value is -1.16. The smallest absolute Gasteiger partial charge is 0.165 e. The minimum atomic E-state index is -0.633. The Morgan fingerprint density at radius 2 is 1.94 bits per heavy atom. The monoisotopic (exact) mass is 256 g/mol. The van der Waals surface area contributed by atoms with Gasteiger partial charge in [0.15, 0.2) is 11.6 Å². The Bertz CT molecular complexity index is 410. The molecule has 1 aromatic carbocycles. The van der Waals surface area contributed by atoms with Gasteiger partial charge in [0.05, 0.1) is 6.10 Å². The summed E-state index contributed by atoms with van der Waals surface area (Å²) in [4.78, 5) is 0. The Balaban J connectivity index is 2.15. The summed E-state index contributed by atoms with van der Waals surface area (Å²) in [7, 11) is 0. The fourth-order valence-corrected chi connectivity index (χ4v) is 2.70. The van der Waals surface area contributed by atoms with Crippen molar-refractivity contribution in [2.45, 2.75) is 38.9 Å². The molecule has 18 heavy (non-hydrogen) atoms. The van der Waals surface area contributed by atoms with E-state index in [1.165, 1.54) is 0 Å². The third kappa shape index (κ3) is 2.80. The Morgan fingerprint density at radius 3 is 2.61 bits per heavy atom. The molecule has 1 aromatic rings. The highest BCUT2D eigenvalue weighted by molar-refractivity contribution is 5.25. The number of aliphatic hydroxyl groups is 1. The van der Waals surface area contributed by atoms with Crippen LogP contribution in [-0.4, -0.2) is 17.3 Å². The van der Waals surface area contributed by atoms with Crippen molar-refractivity contribution in [3.8, 4) is 5.75 Å². The quantitative estimate of drug-likeness (QED) is 0.880. The average Bonchev–Trinajstić information content (AvgIpc) is 2.28.